The number of rotatable bonds is 2. The van der Waals surface area contributed by atoms with Crippen LogP contribution in [0, 0.1) is 11.8 Å². The lowest BCUT2D eigenvalue weighted by Gasteiger charge is -2.08. The van der Waals surface area contributed by atoms with Gasteiger partial charge in [-0.3, -0.25) is 0 Å². The lowest BCUT2D eigenvalue weighted by molar-refractivity contribution is -0.118. The van der Waals surface area contributed by atoms with Gasteiger partial charge in [0.1, 0.15) is 5.78 Å². The molecule has 0 amide bonds. The van der Waals surface area contributed by atoms with Crippen LogP contribution in [0.2, 0.25) is 0 Å². The summed E-state index contributed by atoms with van der Waals surface area (Å²) in [6.45, 7) is 8.10. The molecule has 0 spiro atoms. The molecule has 0 aromatic rings. The average molecular weight is 154 g/mol. The van der Waals surface area contributed by atoms with Crippen molar-refractivity contribution < 1.29 is 9.53 Å². The lowest BCUT2D eigenvalue weighted by Crippen LogP contribution is -2.11. The van der Waals surface area contributed by atoms with E-state index < -0.39 is 0 Å². The molecule has 0 aliphatic carbocycles. The summed E-state index contributed by atoms with van der Waals surface area (Å²) >= 11 is 0. The summed E-state index contributed by atoms with van der Waals surface area (Å²) in [6, 6.07) is 0. The summed E-state index contributed by atoms with van der Waals surface area (Å²) in [4.78, 5) is 10.8. The molecule has 0 bridgehead atoms. The number of carbonyl (C=O) groups is 1. The van der Waals surface area contributed by atoms with E-state index in [1.165, 1.54) is 0 Å². The van der Waals surface area contributed by atoms with Crippen LogP contribution < -0.4 is 0 Å². The fourth-order valence-electron chi connectivity index (χ4n) is 1.36. The first-order chi connectivity index (χ1) is 5.11. The molecule has 62 valence electrons. The normalized spacial score (nSPS) is 30.2. The van der Waals surface area contributed by atoms with Gasteiger partial charge < -0.3 is 9.53 Å². The number of carbonyl (C=O) groups excluding carboxylic acids is 1. The minimum Gasteiger partial charge on any atom is -0.498 e. The Bertz CT molecular complexity index is 184. The summed E-state index contributed by atoms with van der Waals surface area (Å²) in [5.41, 5.74) is 0. The molecule has 0 unspecified atom stereocenters. The van der Waals surface area contributed by atoms with Crippen molar-refractivity contribution >= 4 is 5.78 Å². The minimum absolute atomic E-state index is 0.236. The molecule has 1 aliphatic heterocycles. The fourth-order valence-corrected chi connectivity index (χ4v) is 1.36. The molecule has 0 N–H and O–H groups in total. The third-order valence-corrected chi connectivity index (χ3v) is 2.25. The molecular weight excluding hydrogens is 140 g/mol. The molecule has 11 heavy (non-hydrogen) atoms. The smallest absolute Gasteiger partial charge is 0.130 e. The summed E-state index contributed by atoms with van der Waals surface area (Å²) in [7, 11) is 0. The SMILES string of the molecule is C=C1OC[C@H](CC(C)=O)[C@H]1C. The van der Waals surface area contributed by atoms with Gasteiger partial charge in [0.15, 0.2) is 0 Å². The number of allylic oxidation sites excluding steroid dienone is 1. The van der Waals surface area contributed by atoms with Crippen LogP contribution >= 0.6 is 0 Å². The summed E-state index contributed by atoms with van der Waals surface area (Å²) < 4.78 is 5.23. The predicted molar refractivity (Wildman–Crippen MR) is 43.0 cm³/mol. The summed E-state index contributed by atoms with van der Waals surface area (Å²) in [5.74, 6) is 1.77. The Morgan fingerprint density at radius 2 is 2.45 bits per heavy atom. The molecule has 2 nitrogen and oxygen atoms in total. The highest BCUT2D eigenvalue weighted by molar-refractivity contribution is 5.75. The highest BCUT2D eigenvalue weighted by Crippen LogP contribution is 2.30. The van der Waals surface area contributed by atoms with Gasteiger partial charge in [0.25, 0.3) is 0 Å². The van der Waals surface area contributed by atoms with E-state index in [-0.39, 0.29) is 5.78 Å². The van der Waals surface area contributed by atoms with Crippen molar-refractivity contribution in [2.24, 2.45) is 11.8 Å². The van der Waals surface area contributed by atoms with E-state index in [9.17, 15) is 4.79 Å². The first kappa shape index (κ1) is 8.31. The second-order valence-electron chi connectivity index (χ2n) is 3.23. The quantitative estimate of drug-likeness (QED) is 0.605. The van der Waals surface area contributed by atoms with Gasteiger partial charge in [0.2, 0.25) is 0 Å². The van der Waals surface area contributed by atoms with Crippen LogP contribution in [0.15, 0.2) is 12.3 Å². The fraction of sp³-hybridized carbons (Fsp3) is 0.667. The Labute approximate surface area is 67.2 Å². The van der Waals surface area contributed by atoms with Gasteiger partial charge in [0, 0.05) is 18.3 Å². The molecule has 0 aromatic carbocycles. The largest absolute Gasteiger partial charge is 0.498 e. The second kappa shape index (κ2) is 3.07. The molecule has 2 atom stereocenters. The molecule has 1 saturated heterocycles. The lowest BCUT2D eigenvalue weighted by atomic mass is 9.92. The van der Waals surface area contributed by atoms with Gasteiger partial charge in [-0.2, -0.15) is 0 Å². The molecule has 1 fully saturated rings. The van der Waals surface area contributed by atoms with Crippen molar-refractivity contribution in [3.8, 4) is 0 Å². The molecule has 1 aliphatic rings. The minimum atomic E-state index is 0.236. The standard InChI is InChI=1S/C9H14O2/c1-6(10)4-9-5-11-8(3)7(9)2/h7,9H,3-5H2,1-2H3/t7-,9-/m0/s1. The highest BCUT2D eigenvalue weighted by atomic mass is 16.5. The van der Waals surface area contributed by atoms with Crippen molar-refractivity contribution in [3.05, 3.63) is 12.3 Å². The zero-order chi connectivity index (χ0) is 8.43. The molecule has 0 aromatic heterocycles. The van der Waals surface area contributed by atoms with E-state index in [1.54, 1.807) is 6.92 Å². The molecule has 2 heteroatoms. The second-order valence-corrected chi connectivity index (χ2v) is 3.23. The third-order valence-electron chi connectivity index (χ3n) is 2.25. The van der Waals surface area contributed by atoms with Crippen molar-refractivity contribution in [2.45, 2.75) is 20.3 Å². The van der Waals surface area contributed by atoms with Crippen LogP contribution in [-0.4, -0.2) is 12.4 Å². The first-order valence-electron chi connectivity index (χ1n) is 3.92. The zero-order valence-corrected chi connectivity index (χ0v) is 7.09. The Hall–Kier alpha value is -0.790. The number of ether oxygens (including phenoxy) is 1. The highest BCUT2D eigenvalue weighted by Gasteiger charge is 2.28. The maximum Gasteiger partial charge on any atom is 0.130 e. The van der Waals surface area contributed by atoms with E-state index in [4.69, 9.17) is 4.74 Å². The average Bonchev–Trinajstić information content (AvgIpc) is 2.18. The van der Waals surface area contributed by atoms with Gasteiger partial charge in [-0.25, -0.2) is 0 Å². The number of hydrogen-bond donors (Lipinski definition) is 0. The van der Waals surface area contributed by atoms with E-state index >= 15 is 0 Å². The van der Waals surface area contributed by atoms with Gasteiger partial charge in [0.05, 0.1) is 12.4 Å². The Kier molecular flexibility index (Phi) is 2.32. The van der Waals surface area contributed by atoms with Crippen LogP contribution in [0.1, 0.15) is 20.3 Å². The van der Waals surface area contributed by atoms with Gasteiger partial charge >= 0.3 is 0 Å². The van der Waals surface area contributed by atoms with E-state index in [0.29, 0.717) is 24.9 Å². The van der Waals surface area contributed by atoms with Crippen molar-refractivity contribution in [2.75, 3.05) is 6.61 Å². The van der Waals surface area contributed by atoms with Gasteiger partial charge in [-0.15, -0.1) is 0 Å². The van der Waals surface area contributed by atoms with Gasteiger partial charge in [-0.1, -0.05) is 13.5 Å². The number of Topliss-reactive ketones (excluding diaryl/α,β-unsaturated/α-hetero) is 1. The zero-order valence-electron chi connectivity index (χ0n) is 7.09. The molecular formula is C9H14O2. The molecule has 0 radical (unpaired) electrons. The third kappa shape index (κ3) is 1.82. The van der Waals surface area contributed by atoms with Crippen LogP contribution in [0.3, 0.4) is 0 Å². The maximum atomic E-state index is 10.8. The molecule has 1 rings (SSSR count). The maximum absolute atomic E-state index is 10.8. The first-order valence-corrected chi connectivity index (χ1v) is 3.92. The van der Waals surface area contributed by atoms with Crippen LogP contribution in [0.4, 0.5) is 0 Å². The van der Waals surface area contributed by atoms with Crippen LogP contribution in [0.5, 0.6) is 0 Å². The van der Waals surface area contributed by atoms with Crippen molar-refractivity contribution in [3.63, 3.8) is 0 Å². The van der Waals surface area contributed by atoms with Crippen molar-refractivity contribution in [1.82, 2.24) is 0 Å². The Morgan fingerprint density at radius 3 is 2.82 bits per heavy atom. The van der Waals surface area contributed by atoms with Gasteiger partial charge in [-0.05, 0) is 6.92 Å². The molecule has 0 saturated carbocycles. The number of hydrogen-bond acceptors (Lipinski definition) is 2. The monoisotopic (exact) mass is 154 g/mol. The Balaban J connectivity index is 2.48. The van der Waals surface area contributed by atoms with E-state index in [1.807, 2.05) is 0 Å². The van der Waals surface area contributed by atoms with Crippen LogP contribution in [0.25, 0.3) is 0 Å². The molecule has 1 heterocycles. The number of ketones is 1. The van der Waals surface area contributed by atoms with Crippen molar-refractivity contribution in [1.29, 1.82) is 0 Å². The Morgan fingerprint density at radius 1 is 1.82 bits per heavy atom. The van der Waals surface area contributed by atoms with E-state index in [0.717, 1.165) is 5.76 Å². The topological polar surface area (TPSA) is 26.3 Å². The van der Waals surface area contributed by atoms with E-state index in [2.05, 4.69) is 13.5 Å². The van der Waals surface area contributed by atoms with Crippen LogP contribution in [-0.2, 0) is 9.53 Å². The summed E-state index contributed by atoms with van der Waals surface area (Å²) in [6.07, 6.45) is 0.625. The predicted octanol–water partition coefficient (Wildman–Crippen LogP) is 1.76. The summed E-state index contributed by atoms with van der Waals surface area (Å²) in [5, 5.41) is 0.